The Morgan fingerprint density at radius 1 is 1.28 bits per heavy atom. The fourth-order valence-electron chi connectivity index (χ4n) is 6.70. The number of hydrogen-bond donors (Lipinski definition) is 1. The number of carbonyl (C=O) groups excluding carboxylic acids is 1. The molecule has 2 fully saturated rings. The summed E-state index contributed by atoms with van der Waals surface area (Å²) in [6.45, 7) is 5.71. The molecule has 4 unspecified atom stereocenters. The molecule has 1 amide bonds. The van der Waals surface area contributed by atoms with E-state index in [2.05, 4.69) is 26.0 Å². The van der Waals surface area contributed by atoms with E-state index in [1.54, 1.807) is 11.6 Å². The van der Waals surface area contributed by atoms with Gasteiger partial charge in [0.2, 0.25) is 5.91 Å². The van der Waals surface area contributed by atoms with Gasteiger partial charge in [-0.15, -0.1) is 0 Å². The summed E-state index contributed by atoms with van der Waals surface area (Å²) in [5, 5.41) is 0. The minimum atomic E-state index is -4.12. The highest BCUT2D eigenvalue weighted by Gasteiger charge is 2.53. The van der Waals surface area contributed by atoms with Crippen LogP contribution in [-0.4, -0.2) is 14.3 Å². The second kappa shape index (κ2) is 7.46. The molecular weight excluding hydrogens is 386 g/mol. The normalized spacial score (nSPS) is 32.2. The Morgan fingerprint density at radius 2 is 2.07 bits per heavy atom. The number of amides is 1. The number of hydrogen-bond acceptors (Lipinski definition) is 4. The summed E-state index contributed by atoms with van der Waals surface area (Å²) in [4.78, 5) is 11.1. The fourth-order valence-corrected chi connectivity index (χ4v) is 7.45. The van der Waals surface area contributed by atoms with E-state index in [0.29, 0.717) is 17.3 Å². The molecule has 29 heavy (non-hydrogen) atoms. The molecule has 0 saturated heterocycles. The predicted molar refractivity (Wildman–Crippen MR) is 113 cm³/mol. The lowest BCUT2D eigenvalue weighted by Crippen LogP contribution is -2.41. The summed E-state index contributed by atoms with van der Waals surface area (Å²) in [6.07, 6.45) is 10.7. The highest BCUT2D eigenvalue weighted by molar-refractivity contribution is 7.85. The molecule has 0 heterocycles. The van der Waals surface area contributed by atoms with Crippen LogP contribution in [0.4, 0.5) is 0 Å². The van der Waals surface area contributed by atoms with Crippen LogP contribution in [0.15, 0.2) is 29.8 Å². The number of benzene rings is 1. The molecule has 3 aliphatic carbocycles. The van der Waals surface area contributed by atoms with Crippen LogP contribution in [0.5, 0.6) is 5.75 Å². The van der Waals surface area contributed by atoms with Crippen LogP contribution < -0.4 is 8.91 Å². The maximum atomic E-state index is 11.9. The molecule has 0 aliphatic heterocycles. The standard InChI is InChI=1S/C23H31NO4S/c1-4-17-7-11-22-21-9-6-16-14-18(28-29(26,27)24-15(3)25)8-10-19(16)20(21)12-13-23(17,22)5-2/h4,8,10,14,20-22H,5-7,9,11-13H2,1-3H3,(H,24,25)/b17-4+. The van der Waals surface area contributed by atoms with Gasteiger partial charge >= 0.3 is 10.3 Å². The zero-order valence-electron chi connectivity index (χ0n) is 17.5. The minimum Gasteiger partial charge on any atom is -0.367 e. The van der Waals surface area contributed by atoms with Gasteiger partial charge in [-0.1, -0.05) is 24.6 Å². The Bertz CT molecular complexity index is 952. The second-order valence-corrected chi connectivity index (χ2v) is 10.2. The van der Waals surface area contributed by atoms with Crippen LogP contribution in [0.25, 0.3) is 0 Å². The van der Waals surface area contributed by atoms with Crippen molar-refractivity contribution in [2.24, 2.45) is 17.3 Å². The van der Waals surface area contributed by atoms with Gasteiger partial charge in [0.1, 0.15) is 5.75 Å². The molecule has 6 heteroatoms. The van der Waals surface area contributed by atoms with Crippen molar-refractivity contribution in [3.05, 3.63) is 41.0 Å². The van der Waals surface area contributed by atoms with E-state index in [-0.39, 0.29) is 5.75 Å². The maximum absolute atomic E-state index is 11.9. The maximum Gasteiger partial charge on any atom is 0.409 e. The van der Waals surface area contributed by atoms with Crippen molar-refractivity contribution in [2.45, 2.75) is 71.6 Å². The lowest BCUT2D eigenvalue weighted by molar-refractivity contribution is -0.117. The average molecular weight is 418 g/mol. The smallest absolute Gasteiger partial charge is 0.367 e. The van der Waals surface area contributed by atoms with Crippen molar-refractivity contribution in [1.82, 2.24) is 4.72 Å². The summed E-state index contributed by atoms with van der Waals surface area (Å²) in [5.41, 5.74) is 4.64. The summed E-state index contributed by atoms with van der Waals surface area (Å²) < 4.78 is 30.7. The van der Waals surface area contributed by atoms with E-state index >= 15 is 0 Å². The van der Waals surface area contributed by atoms with E-state index in [4.69, 9.17) is 4.18 Å². The Kier molecular flexibility index (Phi) is 5.26. The van der Waals surface area contributed by atoms with E-state index in [9.17, 15) is 13.2 Å². The highest BCUT2D eigenvalue weighted by Crippen LogP contribution is 2.64. The van der Waals surface area contributed by atoms with Crippen molar-refractivity contribution in [1.29, 1.82) is 0 Å². The zero-order chi connectivity index (χ0) is 20.8. The van der Waals surface area contributed by atoms with E-state index in [1.165, 1.54) is 43.2 Å². The predicted octanol–water partition coefficient (Wildman–Crippen LogP) is 4.64. The summed E-state index contributed by atoms with van der Waals surface area (Å²) in [7, 11) is -4.12. The SMILES string of the molecule is C/C=C1\CCC2C3CCc4cc(OS(=O)(=O)NC(C)=O)ccc4C3CCC12CC. The molecule has 0 bridgehead atoms. The molecule has 0 radical (unpaired) electrons. The molecule has 1 aromatic rings. The Balaban J connectivity index is 1.59. The number of allylic oxidation sites excluding steroid dienone is 2. The monoisotopic (exact) mass is 417 g/mol. The van der Waals surface area contributed by atoms with Gasteiger partial charge < -0.3 is 4.18 Å². The van der Waals surface area contributed by atoms with Gasteiger partial charge in [0, 0.05) is 6.92 Å². The minimum absolute atomic E-state index is 0.270. The third kappa shape index (κ3) is 3.49. The lowest BCUT2D eigenvalue weighted by Gasteiger charge is -2.51. The topological polar surface area (TPSA) is 72.5 Å². The van der Waals surface area contributed by atoms with E-state index < -0.39 is 16.2 Å². The Labute approximate surface area is 174 Å². The van der Waals surface area contributed by atoms with Crippen molar-refractivity contribution in [3.63, 3.8) is 0 Å². The van der Waals surface area contributed by atoms with Gasteiger partial charge in [-0.2, -0.15) is 8.42 Å². The van der Waals surface area contributed by atoms with E-state index in [0.717, 1.165) is 25.7 Å². The van der Waals surface area contributed by atoms with Crippen molar-refractivity contribution >= 4 is 16.2 Å². The molecule has 4 atom stereocenters. The van der Waals surface area contributed by atoms with Crippen LogP contribution in [0.1, 0.15) is 76.3 Å². The third-order valence-electron chi connectivity index (χ3n) is 7.72. The molecule has 0 aromatic heterocycles. The average Bonchev–Trinajstić information content (AvgIpc) is 3.05. The summed E-state index contributed by atoms with van der Waals surface area (Å²) >= 11 is 0. The first kappa shape index (κ1) is 20.5. The first-order chi connectivity index (χ1) is 13.8. The van der Waals surface area contributed by atoms with Gasteiger partial charge in [0.15, 0.2) is 0 Å². The first-order valence-electron chi connectivity index (χ1n) is 10.8. The van der Waals surface area contributed by atoms with Gasteiger partial charge in [0.25, 0.3) is 0 Å². The summed E-state index contributed by atoms with van der Waals surface area (Å²) in [5.74, 6) is 1.64. The molecule has 158 valence electrons. The second-order valence-electron chi connectivity index (χ2n) is 8.87. The van der Waals surface area contributed by atoms with Crippen molar-refractivity contribution in [3.8, 4) is 5.75 Å². The quantitative estimate of drug-likeness (QED) is 0.725. The van der Waals surface area contributed by atoms with Crippen LogP contribution in [0.3, 0.4) is 0 Å². The molecule has 3 aliphatic rings. The number of nitrogens with one attached hydrogen (secondary N) is 1. The molecule has 4 rings (SSSR count). The van der Waals surface area contributed by atoms with Crippen LogP contribution in [0, 0.1) is 17.3 Å². The van der Waals surface area contributed by atoms with Crippen LogP contribution in [-0.2, 0) is 21.5 Å². The number of aryl methyl sites for hydroxylation is 1. The molecule has 5 nitrogen and oxygen atoms in total. The first-order valence-corrected chi connectivity index (χ1v) is 12.2. The van der Waals surface area contributed by atoms with Gasteiger partial charge in [-0.3, -0.25) is 4.79 Å². The molecule has 2 saturated carbocycles. The van der Waals surface area contributed by atoms with Gasteiger partial charge in [0.05, 0.1) is 0 Å². The van der Waals surface area contributed by atoms with Crippen molar-refractivity contribution < 1.29 is 17.4 Å². The largest absolute Gasteiger partial charge is 0.409 e. The molecular formula is C23H31NO4S. The Morgan fingerprint density at radius 3 is 2.76 bits per heavy atom. The number of carbonyl (C=O) groups is 1. The highest BCUT2D eigenvalue weighted by atomic mass is 32.2. The van der Waals surface area contributed by atoms with E-state index in [1.807, 2.05) is 10.8 Å². The lowest BCUT2D eigenvalue weighted by atomic mass is 9.53. The molecule has 1 N–H and O–H groups in total. The summed E-state index contributed by atoms with van der Waals surface area (Å²) in [6, 6.07) is 5.63. The number of rotatable bonds is 4. The van der Waals surface area contributed by atoms with Gasteiger partial charge in [-0.25, -0.2) is 4.72 Å². The Hall–Kier alpha value is -1.82. The number of fused-ring (bicyclic) bond motifs is 5. The molecule has 1 aromatic carbocycles. The van der Waals surface area contributed by atoms with Crippen LogP contribution >= 0.6 is 0 Å². The van der Waals surface area contributed by atoms with Crippen LogP contribution in [0.2, 0.25) is 0 Å². The van der Waals surface area contributed by atoms with Gasteiger partial charge in [-0.05, 0) is 98.3 Å². The third-order valence-corrected chi connectivity index (χ3v) is 8.67. The van der Waals surface area contributed by atoms with Crippen molar-refractivity contribution in [2.75, 3.05) is 0 Å². The fraction of sp³-hybridized carbons (Fsp3) is 0.609. The zero-order valence-corrected chi connectivity index (χ0v) is 18.3. The molecule has 0 spiro atoms.